The molecule has 0 aromatic heterocycles. The van der Waals surface area contributed by atoms with E-state index in [4.69, 9.17) is 11.6 Å². The minimum absolute atomic E-state index is 0.726. The Morgan fingerprint density at radius 2 is 2.14 bits per heavy atom. The van der Waals surface area contributed by atoms with Crippen molar-refractivity contribution in [1.29, 1.82) is 0 Å². The molecule has 0 N–H and O–H groups in total. The van der Waals surface area contributed by atoms with Crippen LogP contribution in [0.4, 0.5) is 0 Å². The lowest BCUT2D eigenvalue weighted by atomic mass is 9.92. The van der Waals surface area contributed by atoms with E-state index in [1.54, 1.807) is 0 Å². The SMILES string of the molecule is CCCC1CCCC2(CC1)CC2CCl. The summed E-state index contributed by atoms with van der Waals surface area (Å²) in [6.45, 7) is 2.32. The van der Waals surface area contributed by atoms with E-state index in [2.05, 4.69) is 6.92 Å². The number of rotatable bonds is 3. The van der Waals surface area contributed by atoms with E-state index in [-0.39, 0.29) is 0 Å². The van der Waals surface area contributed by atoms with Crippen LogP contribution >= 0.6 is 11.6 Å². The smallest absolute Gasteiger partial charge is 0.0257 e. The zero-order chi connectivity index (χ0) is 10.0. The second-order valence-electron chi connectivity index (χ2n) is 5.50. The summed E-state index contributed by atoms with van der Waals surface area (Å²) in [5.74, 6) is 2.83. The molecule has 0 amide bonds. The Balaban J connectivity index is 1.84. The van der Waals surface area contributed by atoms with Gasteiger partial charge in [0, 0.05) is 5.88 Å². The molecule has 1 heteroatoms. The zero-order valence-corrected chi connectivity index (χ0v) is 10.2. The molecule has 2 rings (SSSR count). The lowest BCUT2D eigenvalue weighted by Gasteiger charge is -2.14. The molecule has 2 aliphatic carbocycles. The normalized spacial score (nSPS) is 42.4. The summed E-state index contributed by atoms with van der Waals surface area (Å²) in [6, 6.07) is 0. The van der Waals surface area contributed by atoms with E-state index in [9.17, 15) is 0 Å². The largest absolute Gasteiger partial charge is 0.126 e. The average molecular weight is 215 g/mol. The van der Waals surface area contributed by atoms with Gasteiger partial charge in [-0.05, 0) is 42.9 Å². The highest BCUT2D eigenvalue weighted by Crippen LogP contribution is 2.61. The number of alkyl halides is 1. The van der Waals surface area contributed by atoms with E-state index < -0.39 is 0 Å². The first-order valence-electron chi connectivity index (χ1n) is 6.36. The van der Waals surface area contributed by atoms with Gasteiger partial charge in [0.1, 0.15) is 0 Å². The van der Waals surface area contributed by atoms with Gasteiger partial charge in [-0.15, -0.1) is 11.6 Å². The molecule has 0 bridgehead atoms. The van der Waals surface area contributed by atoms with Crippen LogP contribution in [0.5, 0.6) is 0 Å². The monoisotopic (exact) mass is 214 g/mol. The summed E-state index contributed by atoms with van der Waals surface area (Å²) in [6.07, 6.45) is 11.7. The molecule has 1 spiro atoms. The van der Waals surface area contributed by atoms with Crippen molar-refractivity contribution in [2.24, 2.45) is 17.3 Å². The van der Waals surface area contributed by atoms with Crippen LogP contribution in [0.25, 0.3) is 0 Å². The molecule has 0 aliphatic heterocycles. The van der Waals surface area contributed by atoms with E-state index in [1.807, 2.05) is 0 Å². The van der Waals surface area contributed by atoms with Crippen LogP contribution in [-0.2, 0) is 0 Å². The van der Waals surface area contributed by atoms with Crippen LogP contribution in [0.3, 0.4) is 0 Å². The molecule has 3 atom stereocenters. The molecule has 0 aromatic carbocycles. The molecule has 0 heterocycles. The van der Waals surface area contributed by atoms with Gasteiger partial charge in [-0.3, -0.25) is 0 Å². The van der Waals surface area contributed by atoms with Gasteiger partial charge in [-0.25, -0.2) is 0 Å². The second kappa shape index (κ2) is 4.43. The summed E-state index contributed by atoms with van der Waals surface area (Å²) >= 11 is 5.97. The van der Waals surface area contributed by atoms with E-state index >= 15 is 0 Å². The van der Waals surface area contributed by atoms with Crippen molar-refractivity contribution in [2.75, 3.05) is 5.88 Å². The first kappa shape index (κ1) is 10.8. The Bertz CT molecular complexity index is 190. The Hall–Kier alpha value is 0.290. The van der Waals surface area contributed by atoms with Gasteiger partial charge in [0.2, 0.25) is 0 Å². The minimum atomic E-state index is 0.726. The average Bonchev–Trinajstić information content (AvgIpc) is 2.92. The van der Waals surface area contributed by atoms with Crippen molar-refractivity contribution in [2.45, 2.75) is 58.3 Å². The topological polar surface area (TPSA) is 0 Å². The maximum absolute atomic E-state index is 5.97. The quantitative estimate of drug-likeness (QED) is 0.602. The predicted octanol–water partition coefficient (Wildman–Crippen LogP) is 4.61. The fraction of sp³-hybridized carbons (Fsp3) is 1.00. The second-order valence-corrected chi connectivity index (χ2v) is 5.81. The van der Waals surface area contributed by atoms with Crippen molar-refractivity contribution < 1.29 is 0 Å². The van der Waals surface area contributed by atoms with Gasteiger partial charge in [0.05, 0.1) is 0 Å². The minimum Gasteiger partial charge on any atom is -0.126 e. The Labute approximate surface area is 93.4 Å². The lowest BCUT2D eigenvalue weighted by Crippen LogP contribution is -2.04. The van der Waals surface area contributed by atoms with Gasteiger partial charge in [-0.1, -0.05) is 32.6 Å². The first-order valence-corrected chi connectivity index (χ1v) is 6.90. The molecule has 0 nitrogen and oxygen atoms in total. The molecular weight excluding hydrogens is 192 g/mol. The van der Waals surface area contributed by atoms with Crippen molar-refractivity contribution >= 4 is 11.6 Å². The zero-order valence-electron chi connectivity index (χ0n) is 9.40. The summed E-state index contributed by atoms with van der Waals surface area (Å²) in [5, 5.41) is 0. The third-order valence-corrected chi connectivity index (χ3v) is 4.95. The van der Waals surface area contributed by atoms with Gasteiger partial charge >= 0.3 is 0 Å². The van der Waals surface area contributed by atoms with Gasteiger partial charge in [0.25, 0.3) is 0 Å². The van der Waals surface area contributed by atoms with E-state index in [0.717, 1.165) is 23.1 Å². The maximum atomic E-state index is 5.97. The molecule has 2 aliphatic rings. The first-order chi connectivity index (χ1) is 6.80. The Morgan fingerprint density at radius 3 is 2.79 bits per heavy atom. The Morgan fingerprint density at radius 1 is 1.29 bits per heavy atom. The summed E-state index contributed by atoms with van der Waals surface area (Å²) < 4.78 is 0. The van der Waals surface area contributed by atoms with Crippen LogP contribution in [0.15, 0.2) is 0 Å². The van der Waals surface area contributed by atoms with Gasteiger partial charge < -0.3 is 0 Å². The van der Waals surface area contributed by atoms with E-state index in [0.29, 0.717) is 0 Å². The molecular formula is C13H23Cl. The van der Waals surface area contributed by atoms with E-state index in [1.165, 1.54) is 51.4 Å². The molecule has 0 radical (unpaired) electrons. The highest BCUT2D eigenvalue weighted by molar-refractivity contribution is 6.18. The van der Waals surface area contributed by atoms with Crippen molar-refractivity contribution in [1.82, 2.24) is 0 Å². The fourth-order valence-corrected chi connectivity index (χ4v) is 3.90. The van der Waals surface area contributed by atoms with Gasteiger partial charge in [-0.2, -0.15) is 0 Å². The van der Waals surface area contributed by atoms with Crippen LogP contribution in [0, 0.1) is 17.3 Å². The third-order valence-electron chi connectivity index (χ3n) is 4.58. The maximum Gasteiger partial charge on any atom is 0.0257 e. The number of hydrogen-bond acceptors (Lipinski definition) is 0. The molecule has 14 heavy (non-hydrogen) atoms. The molecule has 0 aromatic rings. The summed E-state index contributed by atoms with van der Waals surface area (Å²) in [4.78, 5) is 0. The van der Waals surface area contributed by atoms with Crippen LogP contribution in [0.2, 0.25) is 0 Å². The highest BCUT2D eigenvalue weighted by atomic mass is 35.5. The standard InChI is InChI=1S/C13H23Cl/c1-2-4-11-5-3-7-13(8-6-11)9-12(13)10-14/h11-12H,2-10H2,1H3. The lowest BCUT2D eigenvalue weighted by molar-refractivity contribution is 0.380. The van der Waals surface area contributed by atoms with Crippen LogP contribution in [0.1, 0.15) is 58.3 Å². The molecule has 2 saturated carbocycles. The van der Waals surface area contributed by atoms with Gasteiger partial charge in [0.15, 0.2) is 0 Å². The summed E-state index contributed by atoms with van der Waals surface area (Å²) in [5.41, 5.74) is 0.726. The molecule has 0 saturated heterocycles. The molecule has 2 fully saturated rings. The third kappa shape index (κ3) is 2.10. The summed E-state index contributed by atoms with van der Waals surface area (Å²) in [7, 11) is 0. The number of halogens is 1. The predicted molar refractivity (Wildman–Crippen MR) is 62.7 cm³/mol. The number of hydrogen-bond donors (Lipinski definition) is 0. The molecule has 82 valence electrons. The highest BCUT2D eigenvalue weighted by Gasteiger charge is 2.52. The van der Waals surface area contributed by atoms with Crippen molar-refractivity contribution in [3.63, 3.8) is 0 Å². The van der Waals surface area contributed by atoms with Crippen LogP contribution in [-0.4, -0.2) is 5.88 Å². The van der Waals surface area contributed by atoms with Crippen molar-refractivity contribution in [3.8, 4) is 0 Å². The van der Waals surface area contributed by atoms with Crippen LogP contribution < -0.4 is 0 Å². The molecule has 3 unspecified atom stereocenters. The van der Waals surface area contributed by atoms with Crippen molar-refractivity contribution in [3.05, 3.63) is 0 Å². The Kier molecular flexibility index (Phi) is 3.42. The fourth-order valence-electron chi connectivity index (χ4n) is 3.46.